The molecule has 1 N–H and O–H groups in total. The number of nitrogens with zero attached hydrogens (tertiary/aromatic N) is 1. The van der Waals surface area contributed by atoms with Crippen molar-refractivity contribution in [2.75, 3.05) is 17.3 Å². The molecule has 0 atom stereocenters. The quantitative estimate of drug-likeness (QED) is 0.307. The van der Waals surface area contributed by atoms with E-state index in [1.165, 1.54) is 7.11 Å². The third kappa shape index (κ3) is 4.38. The van der Waals surface area contributed by atoms with Gasteiger partial charge in [0.2, 0.25) is 0 Å². The number of amides is 2. The van der Waals surface area contributed by atoms with Crippen molar-refractivity contribution < 1.29 is 23.9 Å². The summed E-state index contributed by atoms with van der Waals surface area (Å²) in [5, 5.41) is 2.70. The van der Waals surface area contributed by atoms with Crippen LogP contribution in [0.3, 0.4) is 0 Å². The van der Waals surface area contributed by atoms with Gasteiger partial charge < -0.3 is 14.8 Å². The van der Waals surface area contributed by atoms with Gasteiger partial charge in [-0.05, 0) is 67.4 Å². The summed E-state index contributed by atoms with van der Waals surface area (Å²) >= 11 is 6.23. The van der Waals surface area contributed by atoms with Gasteiger partial charge >= 0.3 is 5.97 Å². The SMILES string of the molecule is COc1cccc(OC(=O)c2ccc(NC3=C(Cl)C(=O)N(c4cccc(C)c4C)C3=O)cc2)c1. The van der Waals surface area contributed by atoms with E-state index in [1.54, 1.807) is 60.7 Å². The lowest BCUT2D eigenvalue weighted by atomic mass is 10.1. The maximum Gasteiger partial charge on any atom is 0.343 e. The van der Waals surface area contributed by atoms with Crippen LogP contribution in [0.5, 0.6) is 11.5 Å². The summed E-state index contributed by atoms with van der Waals surface area (Å²) in [7, 11) is 1.53. The number of hydrogen-bond donors (Lipinski definition) is 1. The molecule has 0 bridgehead atoms. The maximum absolute atomic E-state index is 13.0. The number of esters is 1. The van der Waals surface area contributed by atoms with Crippen molar-refractivity contribution in [2.24, 2.45) is 0 Å². The van der Waals surface area contributed by atoms with E-state index in [0.29, 0.717) is 28.4 Å². The van der Waals surface area contributed by atoms with Gasteiger partial charge in [-0.2, -0.15) is 0 Å². The predicted octanol–water partition coefficient (Wildman–Crippen LogP) is 4.97. The molecule has 8 heteroatoms. The van der Waals surface area contributed by atoms with Crippen molar-refractivity contribution in [3.63, 3.8) is 0 Å². The Bertz CT molecular complexity index is 1330. The van der Waals surface area contributed by atoms with Crippen molar-refractivity contribution >= 4 is 40.8 Å². The Morgan fingerprint density at radius 3 is 2.29 bits per heavy atom. The van der Waals surface area contributed by atoms with Gasteiger partial charge in [0.15, 0.2) is 0 Å². The van der Waals surface area contributed by atoms with Crippen molar-refractivity contribution in [2.45, 2.75) is 13.8 Å². The number of ether oxygens (including phenoxy) is 2. The summed E-state index contributed by atoms with van der Waals surface area (Å²) in [6.45, 7) is 3.74. The Balaban J connectivity index is 1.49. The molecule has 0 aliphatic carbocycles. The molecule has 0 spiro atoms. The van der Waals surface area contributed by atoms with E-state index in [4.69, 9.17) is 21.1 Å². The third-order valence-electron chi connectivity index (χ3n) is 5.49. The summed E-state index contributed by atoms with van der Waals surface area (Å²) in [4.78, 5) is 39.3. The van der Waals surface area contributed by atoms with Gasteiger partial charge in [-0.15, -0.1) is 0 Å². The Morgan fingerprint density at radius 2 is 1.59 bits per heavy atom. The standard InChI is InChI=1S/C26H21ClN2O5/c1-15-6-4-9-21(16(15)2)29-24(30)22(27)23(25(29)31)28-18-12-10-17(11-13-18)26(32)34-20-8-5-7-19(14-20)33-3/h4-14,28H,1-3H3. The van der Waals surface area contributed by atoms with Gasteiger partial charge in [-0.3, -0.25) is 9.59 Å². The molecule has 0 radical (unpaired) electrons. The monoisotopic (exact) mass is 476 g/mol. The van der Waals surface area contributed by atoms with Gasteiger partial charge in [0, 0.05) is 11.8 Å². The molecule has 0 saturated heterocycles. The number of imide groups is 1. The van der Waals surface area contributed by atoms with E-state index < -0.39 is 17.8 Å². The topological polar surface area (TPSA) is 84.9 Å². The highest BCUT2D eigenvalue weighted by Crippen LogP contribution is 2.33. The molecule has 2 amide bonds. The van der Waals surface area contributed by atoms with E-state index in [2.05, 4.69) is 5.32 Å². The molecule has 7 nitrogen and oxygen atoms in total. The highest BCUT2D eigenvalue weighted by Gasteiger charge is 2.39. The molecule has 3 aromatic rings. The Labute approximate surface area is 201 Å². The summed E-state index contributed by atoms with van der Waals surface area (Å²) < 4.78 is 10.5. The number of methoxy groups -OCH3 is 1. The lowest BCUT2D eigenvalue weighted by Crippen LogP contribution is -2.33. The molecule has 0 fully saturated rings. The summed E-state index contributed by atoms with van der Waals surface area (Å²) in [5.74, 6) is -0.775. The molecular formula is C26H21ClN2O5. The number of aryl methyl sites for hydroxylation is 1. The first-order valence-electron chi connectivity index (χ1n) is 10.4. The highest BCUT2D eigenvalue weighted by molar-refractivity contribution is 6.53. The van der Waals surface area contributed by atoms with E-state index >= 15 is 0 Å². The number of rotatable bonds is 6. The fourth-order valence-electron chi connectivity index (χ4n) is 3.47. The Kier molecular flexibility index (Phi) is 6.38. The lowest BCUT2D eigenvalue weighted by Gasteiger charge is -2.18. The molecule has 4 rings (SSSR count). The smallest absolute Gasteiger partial charge is 0.343 e. The van der Waals surface area contributed by atoms with Crippen LogP contribution in [-0.2, 0) is 9.59 Å². The van der Waals surface area contributed by atoms with Crippen molar-refractivity contribution in [1.82, 2.24) is 0 Å². The molecule has 0 unspecified atom stereocenters. The van der Waals surface area contributed by atoms with E-state index in [0.717, 1.165) is 16.0 Å². The fourth-order valence-corrected chi connectivity index (χ4v) is 3.69. The minimum atomic E-state index is -0.596. The van der Waals surface area contributed by atoms with Gasteiger partial charge in [-0.25, -0.2) is 9.69 Å². The number of nitrogens with one attached hydrogen (secondary N) is 1. The van der Waals surface area contributed by atoms with Gasteiger partial charge in [0.25, 0.3) is 11.8 Å². The summed E-state index contributed by atoms with van der Waals surface area (Å²) in [6, 6.07) is 18.4. The van der Waals surface area contributed by atoms with Crippen molar-refractivity contribution in [3.05, 3.63) is 94.1 Å². The predicted molar refractivity (Wildman–Crippen MR) is 129 cm³/mol. The average Bonchev–Trinajstić information content (AvgIpc) is 3.04. The van der Waals surface area contributed by atoms with E-state index in [9.17, 15) is 14.4 Å². The zero-order valence-electron chi connectivity index (χ0n) is 18.7. The molecule has 1 aliphatic heterocycles. The normalized spacial score (nSPS) is 13.4. The van der Waals surface area contributed by atoms with Gasteiger partial charge in [0.05, 0.1) is 18.4 Å². The van der Waals surface area contributed by atoms with Crippen LogP contribution in [0.4, 0.5) is 11.4 Å². The zero-order valence-corrected chi connectivity index (χ0v) is 19.5. The summed E-state index contributed by atoms with van der Waals surface area (Å²) in [5.41, 5.74) is 3.01. The largest absolute Gasteiger partial charge is 0.497 e. The second-order valence-electron chi connectivity index (χ2n) is 7.62. The van der Waals surface area contributed by atoms with Crippen LogP contribution in [0, 0.1) is 13.8 Å². The minimum Gasteiger partial charge on any atom is -0.497 e. The summed E-state index contributed by atoms with van der Waals surface area (Å²) in [6.07, 6.45) is 0. The van der Waals surface area contributed by atoms with Gasteiger partial charge in [0.1, 0.15) is 22.2 Å². The highest BCUT2D eigenvalue weighted by atomic mass is 35.5. The molecule has 0 saturated carbocycles. The first kappa shape index (κ1) is 23.1. The van der Waals surface area contributed by atoms with Gasteiger partial charge in [-0.1, -0.05) is 29.8 Å². The number of carbonyl (C=O) groups is 3. The Hall–Kier alpha value is -4.10. The first-order chi connectivity index (χ1) is 16.3. The number of hydrogen-bond acceptors (Lipinski definition) is 6. The number of carbonyl (C=O) groups excluding carboxylic acids is 3. The van der Waals surface area contributed by atoms with Crippen molar-refractivity contribution in [3.8, 4) is 11.5 Å². The molecule has 1 aliphatic rings. The Morgan fingerprint density at radius 1 is 0.912 bits per heavy atom. The average molecular weight is 477 g/mol. The number of benzene rings is 3. The van der Waals surface area contributed by atoms with Crippen LogP contribution < -0.4 is 19.7 Å². The van der Waals surface area contributed by atoms with Crippen LogP contribution >= 0.6 is 11.6 Å². The van der Waals surface area contributed by atoms with Crippen LogP contribution in [0.2, 0.25) is 0 Å². The molecule has 0 aromatic heterocycles. The number of halogens is 1. The fraction of sp³-hybridized carbons (Fsp3) is 0.115. The van der Waals surface area contributed by atoms with Crippen LogP contribution in [0.25, 0.3) is 0 Å². The second kappa shape index (κ2) is 9.41. The van der Waals surface area contributed by atoms with Crippen molar-refractivity contribution in [1.29, 1.82) is 0 Å². The van der Waals surface area contributed by atoms with Crippen LogP contribution in [0.15, 0.2) is 77.5 Å². The molecule has 1 heterocycles. The third-order valence-corrected chi connectivity index (χ3v) is 5.84. The molecule has 172 valence electrons. The zero-order chi connectivity index (χ0) is 24.4. The number of anilines is 2. The maximum atomic E-state index is 13.0. The minimum absolute atomic E-state index is 0.0284. The lowest BCUT2D eigenvalue weighted by molar-refractivity contribution is -0.120. The second-order valence-corrected chi connectivity index (χ2v) is 8.00. The van der Waals surface area contributed by atoms with E-state index in [1.807, 2.05) is 19.9 Å². The molecule has 34 heavy (non-hydrogen) atoms. The molecular weight excluding hydrogens is 456 g/mol. The molecule has 3 aromatic carbocycles. The van der Waals surface area contributed by atoms with Crippen LogP contribution in [-0.4, -0.2) is 24.9 Å². The van der Waals surface area contributed by atoms with E-state index in [-0.39, 0.29) is 10.7 Å². The first-order valence-corrected chi connectivity index (χ1v) is 10.8. The van der Waals surface area contributed by atoms with Crippen LogP contribution in [0.1, 0.15) is 21.5 Å².